The highest BCUT2D eigenvalue weighted by atomic mass is 16.5. The summed E-state index contributed by atoms with van der Waals surface area (Å²) in [7, 11) is 0. The van der Waals surface area contributed by atoms with Crippen LogP contribution in [0, 0.1) is 0 Å². The van der Waals surface area contributed by atoms with Crippen molar-refractivity contribution in [3.63, 3.8) is 0 Å². The fourth-order valence-corrected chi connectivity index (χ4v) is 3.89. The molecule has 0 aliphatic carbocycles. The van der Waals surface area contributed by atoms with Crippen LogP contribution < -0.4 is 4.74 Å². The minimum absolute atomic E-state index is 0.0133. The Bertz CT molecular complexity index is 933. The molecule has 0 bridgehead atoms. The Morgan fingerprint density at radius 3 is 2.23 bits per heavy atom. The maximum Gasteiger partial charge on any atom is 0.248 e. The van der Waals surface area contributed by atoms with E-state index in [0.29, 0.717) is 19.7 Å². The molecule has 1 aliphatic heterocycles. The molecule has 3 aromatic carbocycles. The minimum Gasteiger partial charge on any atom is -0.494 e. The van der Waals surface area contributed by atoms with E-state index in [1.54, 1.807) is 0 Å². The van der Waals surface area contributed by atoms with E-state index in [1.165, 1.54) is 5.56 Å². The van der Waals surface area contributed by atoms with Gasteiger partial charge in [-0.3, -0.25) is 4.79 Å². The monoisotopic (exact) mass is 401 g/mol. The van der Waals surface area contributed by atoms with Gasteiger partial charge in [0.2, 0.25) is 5.91 Å². The second-order valence-corrected chi connectivity index (χ2v) is 7.44. The molecule has 1 amide bonds. The van der Waals surface area contributed by atoms with Crippen LogP contribution in [0.1, 0.15) is 35.3 Å². The molecular weight excluding hydrogens is 374 g/mol. The minimum atomic E-state index is -0.266. The molecule has 0 aromatic heterocycles. The Morgan fingerprint density at radius 1 is 0.933 bits per heavy atom. The Morgan fingerprint density at radius 2 is 1.60 bits per heavy atom. The molecule has 0 radical (unpaired) electrons. The molecule has 30 heavy (non-hydrogen) atoms. The third-order valence-corrected chi connectivity index (χ3v) is 5.43. The summed E-state index contributed by atoms with van der Waals surface area (Å²) < 4.78 is 11.8. The molecule has 0 saturated carbocycles. The molecule has 154 valence electrons. The molecule has 4 rings (SSSR count). The maximum atomic E-state index is 13.0. The van der Waals surface area contributed by atoms with Crippen LogP contribution in [0.3, 0.4) is 0 Å². The van der Waals surface area contributed by atoms with Crippen LogP contribution >= 0.6 is 0 Å². The summed E-state index contributed by atoms with van der Waals surface area (Å²) in [5.74, 6) is 0.870. The van der Waals surface area contributed by atoms with Gasteiger partial charge in [0.15, 0.2) is 0 Å². The number of nitrogens with zero attached hydrogens (tertiary/aromatic N) is 1. The van der Waals surface area contributed by atoms with Gasteiger partial charge in [0.1, 0.15) is 18.5 Å². The van der Waals surface area contributed by atoms with Crippen molar-refractivity contribution in [3.05, 3.63) is 101 Å². The van der Waals surface area contributed by atoms with Gasteiger partial charge < -0.3 is 14.4 Å². The van der Waals surface area contributed by atoms with Crippen molar-refractivity contribution >= 4 is 5.91 Å². The zero-order valence-electron chi connectivity index (χ0n) is 17.3. The van der Waals surface area contributed by atoms with Gasteiger partial charge in [0.25, 0.3) is 0 Å². The highest BCUT2D eigenvalue weighted by Gasteiger charge is 2.23. The van der Waals surface area contributed by atoms with Crippen molar-refractivity contribution in [1.82, 2.24) is 4.90 Å². The van der Waals surface area contributed by atoms with E-state index in [4.69, 9.17) is 9.47 Å². The smallest absolute Gasteiger partial charge is 0.248 e. The first-order valence-corrected chi connectivity index (χ1v) is 10.5. The molecule has 0 unspecified atom stereocenters. The van der Waals surface area contributed by atoms with Crippen molar-refractivity contribution in [1.29, 1.82) is 0 Å². The van der Waals surface area contributed by atoms with Crippen LogP contribution in [0.15, 0.2) is 78.9 Å². The van der Waals surface area contributed by atoms with Crippen LogP contribution in [-0.4, -0.2) is 30.6 Å². The van der Waals surface area contributed by atoms with Gasteiger partial charge in [0, 0.05) is 13.1 Å². The zero-order chi connectivity index (χ0) is 20.8. The van der Waals surface area contributed by atoms with E-state index in [0.717, 1.165) is 28.9 Å². The summed E-state index contributed by atoms with van der Waals surface area (Å²) in [5.41, 5.74) is 4.53. The number of fused-ring (bicyclic) bond motifs is 1. The third-order valence-electron chi connectivity index (χ3n) is 5.43. The largest absolute Gasteiger partial charge is 0.494 e. The first kappa shape index (κ1) is 20.2. The van der Waals surface area contributed by atoms with Gasteiger partial charge in [-0.15, -0.1) is 0 Å². The fraction of sp³-hybridized carbons (Fsp3) is 0.269. The van der Waals surface area contributed by atoms with Gasteiger partial charge in [-0.2, -0.15) is 0 Å². The average Bonchev–Trinajstić information content (AvgIpc) is 2.80. The van der Waals surface area contributed by atoms with Crippen LogP contribution in [0.2, 0.25) is 0 Å². The van der Waals surface area contributed by atoms with E-state index in [9.17, 15) is 4.79 Å². The second-order valence-electron chi connectivity index (χ2n) is 7.44. The van der Waals surface area contributed by atoms with E-state index in [2.05, 4.69) is 12.1 Å². The number of benzene rings is 3. The van der Waals surface area contributed by atoms with Gasteiger partial charge in [0.05, 0.1) is 6.61 Å². The first-order valence-electron chi connectivity index (χ1n) is 10.5. The predicted molar refractivity (Wildman–Crippen MR) is 117 cm³/mol. The first-order chi connectivity index (χ1) is 14.7. The van der Waals surface area contributed by atoms with Crippen molar-refractivity contribution in [2.24, 2.45) is 0 Å². The summed E-state index contributed by atoms with van der Waals surface area (Å²) in [6.07, 6.45) is 0.590. The van der Waals surface area contributed by atoms with Gasteiger partial charge in [-0.05, 0) is 47.7 Å². The van der Waals surface area contributed by atoms with Crippen molar-refractivity contribution in [2.45, 2.75) is 26.0 Å². The summed E-state index contributed by atoms with van der Waals surface area (Å²) in [6.45, 7) is 3.97. The fourth-order valence-electron chi connectivity index (χ4n) is 3.89. The molecule has 0 spiro atoms. The quantitative estimate of drug-likeness (QED) is 0.572. The number of hydrogen-bond acceptors (Lipinski definition) is 3. The molecule has 4 heteroatoms. The van der Waals surface area contributed by atoms with E-state index in [-0.39, 0.29) is 18.6 Å². The lowest BCUT2D eigenvalue weighted by atomic mass is 9.99. The lowest BCUT2D eigenvalue weighted by Gasteiger charge is -2.30. The zero-order valence-corrected chi connectivity index (χ0v) is 17.3. The van der Waals surface area contributed by atoms with E-state index >= 15 is 0 Å². The average molecular weight is 402 g/mol. The second kappa shape index (κ2) is 9.59. The van der Waals surface area contributed by atoms with Gasteiger partial charge >= 0.3 is 0 Å². The normalized spacial score (nSPS) is 13.2. The van der Waals surface area contributed by atoms with Crippen LogP contribution in [0.25, 0.3) is 0 Å². The Balaban J connectivity index is 1.45. The number of rotatable bonds is 7. The van der Waals surface area contributed by atoms with Crippen molar-refractivity contribution in [2.75, 3.05) is 19.8 Å². The number of ether oxygens (including phenoxy) is 2. The summed E-state index contributed by atoms with van der Waals surface area (Å²) in [5, 5.41) is 0. The molecule has 0 saturated heterocycles. The predicted octanol–water partition coefficient (Wildman–Crippen LogP) is 4.78. The molecule has 0 N–H and O–H groups in total. The van der Waals surface area contributed by atoms with Gasteiger partial charge in [-0.1, -0.05) is 66.7 Å². The standard InChI is InChI=1S/C26H27NO3/c1-2-29-24-14-13-20-15-16-27(18-23(20)17-24)25(28)19-30-26(21-9-5-3-6-10-21)22-11-7-4-8-12-22/h3-14,17,26H,2,15-16,18-19H2,1H3. The Labute approximate surface area is 178 Å². The number of carbonyl (C=O) groups is 1. The Kier molecular flexibility index (Phi) is 6.45. The van der Waals surface area contributed by atoms with Gasteiger partial charge in [-0.25, -0.2) is 0 Å². The number of carbonyl (C=O) groups excluding carboxylic acids is 1. The molecule has 4 nitrogen and oxygen atoms in total. The number of amides is 1. The highest BCUT2D eigenvalue weighted by molar-refractivity contribution is 5.78. The lowest BCUT2D eigenvalue weighted by molar-refractivity contribution is -0.138. The molecule has 1 heterocycles. The molecule has 3 aromatic rings. The third kappa shape index (κ3) is 4.71. The van der Waals surface area contributed by atoms with Crippen molar-refractivity contribution in [3.8, 4) is 5.75 Å². The summed E-state index contributed by atoms with van der Waals surface area (Å²) in [4.78, 5) is 14.8. The molecule has 0 atom stereocenters. The Hall–Kier alpha value is -3.11. The van der Waals surface area contributed by atoms with E-state index < -0.39 is 0 Å². The highest BCUT2D eigenvalue weighted by Crippen LogP contribution is 2.27. The molecular formula is C26H27NO3. The SMILES string of the molecule is CCOc1ccc2c(c1)CN(C(=O)COC(c1ccccc1)c1ccccc1)CC2. The van der Waals surface area contributed by atoms with Crippen LogP contribution in [0.5, 0.6) is 5.75 Å². The summed E-state index contributed by atoms with van der Waals surface area (Å²) >= 11 is 0. The van der Waals surface area contributed by atoms with Crippen LogP contribution in [-0.2, 0) is 22.5 Å². The topological polar surface area (TPSA) is 38.8 Å². The molecule has 1 aliphatic rings. The van der Waals surface area contributed by atoms with Crippen LogP contribution in [0.4, 0.5) is 0 Å². The number of hydrogen-bond donors (Lipinski definition) is 0. The van der Waals surface area contributed by atoms with Crippen molar-refractivity contribution < 1.29 is 14.3 Å². The maximum absolute atomic E-state index is 13.0. The lowest BCUT2D eigenvalue weighted by Crippen LogP contribution is -2.38. The van der Waals surface area contributed by atoms with E-state index in [1.807, 2.05) is 78.6 Å². The molecule has 0 fully saturated rings. The summed E-state index contributed by atoms with van der Waals surface area (Å²) in [6, 6.07) is 26.3.